The maximum absolute atomic E-state index is 11.8. The van der Waals surface area contributed by atoms with E-state index in [0.717, 1.165) is 11.0 Å². The van der Waals surface area contributed by atoms with Crippen molar-refractivity contribution in [2.45, 2.75) is 20.8 Å². The van der Waals surface area contributed by atoms with Crippen molar-refractivity contribution in [3.05, 3.63) is 48.6 Å². The second-order valence-electron chi connectivity index (χ2n) is 7.51. The molecule has 0 unspecified atom stereocenters. The number of hydrogen-bond acceptors (Lipinski definition) is 6. The van der Waals surface area contributed by atoms with Crippen LogP contribution in [0.2, 0.25) is 0 Å². The van der Waals surface area contributed by atoms with Crippen LogP contribution in [-0.2, 0) is 14.3 Å². The number of hydrogen-bond donors (Lipinski definition) is 1. The molecule has 0 spiro atoms. The van der Waals surface area contributed by atoms with Gasteiger partial charge in [0.15, 0.2) is 0 Å². The van der Waals surface area contributed by atoms with Gasteiger partial charge in [-0.15, -0.1) is 14.1 Å². The summed E-state index contributed by atoms with van der Waals surface area (Å²) in [6.45, 7) is 8.88. The summed E-state index contributed by atoms with van der Waals surface area (Å²) in [4.78, 5) is 24.9. The normalized spacial score (nSPS) is 11.5. The van der Waals surface area contributed by atoms with Crippen LogP contribution < -0.4 is 9.47 Å². The first-order valence-corrected chi connectivity index (χ1v) is 9.82. The van der Waals surface area contributed by atoms with E-state index in [9.17, 15) is 14.7 Å². The summed E-state index contributed by atoms with van der Waals surface area (Å²) in [6, 6.07) is 10.3. The Morgan fingerprint density at radius 3 is 2.42 bits per heavy atom. The smallest absolute Gasteiger partial charge is 0.333 e. The molecule has 2 aromatic carbocycles. The van der Waals surface area contributed by atoms with E-state index in [1.54, 1.807) is 49.8 Å². The zero-order valence-corrected chi connectivity index (χ0v) is 17.5. The Balaban J connectivity index is 1.45. The number of phenols is 1. The van der Waals surface area contributed by atoms with Crippen molar-refractivity contribution >= 4 is 23.0 Å². The van der Waals surface area contributed by atoms with E-state index in [2.05, 4.69) is 6.58 Å². The van der Waals surface area contributed by atoms with Crippen molar-refractivity contribution in [2.24, 2.45) is 5.92 Å². The van der Waals surface area contributed by atoms with Gasteiger partial charge in [-0.1, -0.05) is 20.4 Å². The maximum atomic E-state index is 11.8. The van der Waals surface area contributed by atoms with E-state index in [1.807, 2.05) is 15.3 Å². The number of rotatable bonds is 8. The van der Waals surface area contributed by atoms with E-state index in [4.69, 9.17) is 14.2 Å². The van der Waals surface area contributed by atoms with Crippen LogP contribution in [0.5, 0.6) is 17.2 Å². The number of phenolic OH excluding ortho intramolecular Hbond substituents is 1. The summed E-state index contributed by atoms with van der Waals surface area (Å²) >= 11 is 0. The summed E-state index contributed by atoms with van der Waals surface area (Å²) < 4.78 is 19.6. The van der Waals surface area contributed by atoms with E-state index in [-0.39, 0.29) is 30.9 Å². The summed E-state index contributed by atoms with van der Waals surface area (Å²) in [6.07, 6.45) is 0. The second-order valence-corrected chi connectivity index (χ2v) is 7.51. The minimum Gasteiger partial charge on any atom is -0.505 e. The molecule has 0 radical (unpaired) electrons. The van der Waals surface area contributed by atoms with Crippen LogP contribution in [0.4, 0.5) is 0 Å². The van der Waals surface area contributed by atoms with Gasteiger partial charge in [0.1, 0.15) is 47.2 Å². The van der Waals surface area contributed by atoms with Gasteiger partial charge in [0, 0.05) is 17.7 Å². The minimum atomic E-state index is -0.469. The Kier molecular flexibility index (Phi) is 5.10. The molecule has 0 fully saturated rings. The molecule has 9 heteroatoms. The van der Waals surface area contributed by atoms with Crippen LogP contribution in [0.1, 0.15) is 20.8 Å². The summed E-state index contributed by atoms with van der Waals surface area (Å²) in [5.74, 6) is -0.0131. The molecule has 4 aromatic rings. The molecule has 0 aliphatic carbocycles. The van der Waals surface area contributed by atoms with E-state index < -0.39 is 5.97 Å². The van der Waals surface area contributed by atoms with Crippen molar-refractivity contribution < 1.29 is 28.9 Å². The van der Waals surface area contributed by atoms with Crippen LogP contribution >= 0.6 is 0 Å². The van der Waals surface area contributed by atoms with Gasteiger partial charge in [-0.25, -0.2) is 4.79 Å². The van der Waals surface area contributed by atoms with Gasteiger partial charge in [0.2, 0.25) is 0 Å². The first-order valence-electron chi connectivity index (χ1n) is 9.82. The standard InChI is InChI=1S/C22H23N3O6/c1-13(2)21(27)30-10-9-29-15-5-8-18(20(26)12-15)24-23-17-7-6-16(11-19(17)25(23)24)31-22(28)14(3)4/h5-8,11-12,14,26H,1,9-10H2,2-4H3. The molecule has 0 aliphatic heterocycles. The van der Waals surface area contributed by atoms with Gasteiger partial charge in [0.25, 0.3) is 0 Å². The molecule has 0 amide bonds. The molecule has 0 atom stereocenters. The van der Waals surface area contributed by atoms with Crippen LogP contribution in [-0.4, -0.2) is 44.3 Å². The summed E-state index contributed by atoms with van der Waals surface area (Å²) in [7, 11) is 0. The topological polar surface area (TPSA) is 95.8 Å². The lowest BCUT2D eigenvalue weighted by Gasteiger charge is -2.08. The highest BCUT2D eigenvalue weighted by molar-refractivity contribution is 5.87. The molecule has 4 rings (SSSR count). The fourth-order valence-electron chi connectivity index (χ4n) is 3.00. The quantitative estimate of drug-likeness (QED) is 0.202. The number of benzene rings is 2. The molecule has 2 aromatic heterocycles. The molecule has 162 valence electrons. The van der Waals surface area contributed by atoms with E-state index in [0.29, 0.717) is 22.8 Å². The van der Waals surface area contributed by atoms with Gasteiger partial charge in [-0.3, -0.25) is 4.79 Å². The highest BCUT2D eigenvalue weighted by atomic mass is 16.6. The third kappa shape index (κ3) is 3.81. The molecule has 0 aliphatic rings. The van der Waals surface area contributed by atoms with Crippen molar-refractivity contribution in [1.29, 1.82) is 0 Å². The molecule has 0 saturated heterocycles. The summed E-state index contributed by atoms with van der Waals surface area (Å²) in [5.41, 5.74) is 2.70. The molecule has 9 nitrogen and oxygen atoms in total. The number of aromatic nitrogens is 3. The van der Waals surface area contributed by atoms with Crippen molar-refractivity contribution in [3.8, 4) is 22.9 Å². The van der Waals surface area contributed by atoms with Crippen LogP contribution in [0, 0.1) is 5.92 Å². The minimum absolute atomic E-state index is 0.0307. The predicted octanol–water partition coefficient (Wildman–Crippen LogP) is 3.19. The zero-order chi connectivity index (χ0) is 22.3. The zero-order valence-electron chi connectivity index (χ0n) is 17.5. The largest absolute Gasteiger partial charge is 0.505 e. The SMILES string of the molecule is C=C(C)C(=O)OCCOc1ccc(-n2n3c4ccc(OC(=O)C(C)C)cc4n23)c(O)c1. The van der Waals surface area contributed by atoms with Crippen LogP contribution in [0.15, 0.2) is 48.6 Å². The van der Waals surface area contributed by atoms with Gasteiger partial charge in [0.05, 0.1) is 5.92 Å². The fourth-order valence-corrected chi connectivity index (χ4v) is 3.00. The molecule has 2 heterocycles. The second kappa shape index (κ2) is 7.75. The lowest BCUT2D eigenvalue weighted by molar-refractivity contribution is -0.139. The Labute approximate surface area is 177 Å². The Hall–Kier alpha value is -3.88. The van der Waals surface area contributed by atoms with Crippen molar-refractivity contribution in [2.75, 3.05) is 13.2 Å². The molecule has 0 saturated carbocycles. The van der Waals surface area contributed by atoms with Gasteiger partial charge in [-0.05, 0) is 31.2 Å². The molecule has 1 N–H and O–H groups in total. The number of carbonyl (C=O) groups excluding carboxylic acids is 2. The maximum Gasteiger partial charge on any atom is 0.333 e. The Morgan fingerprint density at radius 2 is 1.74 bits per heavy atom. The number of esters is 2. The molecular formula is C22H23N3O6. The average molecular weight is 425 g/mol. The third-order valence-corrected chi connectivity index (χ3v) is 4.67. The first-order chi connectivity index (χ1) is 14.8. The average Bonchev–Trinajstić information content (AvgIpc) is 3.38. The van der Waals surface area contributed by atoms with Gasteiger partial charge >= 0.3 is 11.9 Å². The van der Waals surface area contributed by atoms with Crippen molar-refractivity contribution in [3.63, 3.8) is 0 Å². The number of ether oxygens (including phenoxy) is 3. The Morgan fingerprint density at radius 1 is 1.03 bits per heavy atom. The number of carbonyl (C=O) groups is 2. The lowest BCUT2D eigenvalue weighted by atomic mass is 10.2. The van der Waals surface area contributed by atoms with Crippen LogP contribution in [0.3, 0.4) is 0 Å². The summed E-state index contributed by atoms with van der Waals surface area (Å²) in [5, 5.41) is 10.5. The monoisotopic (exact) mass is 425 g/mol. The molecule has 0 bridgehead atoms. The number of fused-ring (bicyclic) bond motifs is 4. The third-order valence-electron chi connectivity index (χ3n) is 4.67. The highest BCUT2D eigenvalue weighted by Gasteiger charge is 2.26. The van der Waals surface area contributed by atoms with E-state index >= 15 is 0 Å². The van der Waals surface area contributed by atoms with Crippen molar-refractivity contribution in [1.82, 2.24) is 14.1 Å². The number of nitrogens with zero attached hydrogens (tertiary/aromatic N) is 3. The molecule has 31 heavy (non-hydrogen) atoms. The lowest BCUT2D eigenvalue weighted by Crippen LogP contribution is -2.14. The van der Waals surface area contributed by atoms with E-state index in [1.165, 1.54) is 6.07 Å². The predicted molar refractivity (Wildman–Crippen MR) is 112 cm³/mol. The first kappa shape index (κ1) is 20.4. The van der Waals surface area contributed by atoms with Gasteiger partial charge in [-0.2, -0.15) is 0 Å². The van der Waals surface area contributed by atoms with Gasteiger partial charge < -0.3 is 19.3 Å². The number of aromatic hydroxyl groups is 1. The van der Waals surface area contributed by atoms with Crippen LogP contribution in [0.25, 0.3) is 16.7 Å². The highest BCUT2D eigenvalue weighted by Crippen LogP contribution is 2.34. The molecular weight excluding hydrogens is 402 g/mol. The Bertz CT molecular complexity index is 1280. The fraction of sp³-hybridized carbons (Fsp3) is 0.273.